The summed E-state index contributed by atoms with van der Waals surface area (Å²) in [5.74, 6) is 1.78. The number of hydrogen-bond donors (Lipinski definition) is 2. The molecule has 116 valence electrons. The average molecular weight is 296 g/mol. The first kappa shape index (κ1) is 13.8. The van der Waals surface area contributed by atoms with Crippen LogP contribution in [0.2, 0.25) is 0 Å². The van der Waals surface area contributed by atoms with Crippen LogP contribution in [-0.4, -0.2) is 22.1 Å². The molecule has 2 fully saturated rings. The van der Waals surface area contributed by atoms with Crippen LogP contribution in [0.5, 0.6) is 0 Å². The van der Waals surface area contributed by atoms with Crippen molar-refractivity contribution >= 4 is 22.7 Å². The zero-order valence-electron chi connectivity index (χ0n) is 13.0. The molecule has 4 rings (SSSR count). The van der Waals surface area contributed by atoms with E-state index in [1.807, 2.05) is 6.07 Å². The van der Waals surface area contributed by atoms with Gasteiger partial charge in [0, 0.05) is 17.5 Å². The molecule has 0 atom stereocenters. The van der Waals surface area contributed by atoms with E-state index in [0.717, 1.165) is 22.7 Å². The molecule has 2 aliphatic rings. The highest BCUT2D eigenvalue weighted by Crippen LogP contribution is 2.28. The first-order valence-corrected chi connectivity index (χ1v) is 8.68. The van der Waals surface area contributed by atoms with Gasteiger partial charge in [0.15, 0.2) is 0 Å². The van der Waals surface area contributed by atoms with Crippen molar-refractivity contribution in [3.63, 3.8) is 0 Å². The Morgan fingerprint density at radius 3 is 2.14 bits per heavy atom. The molecule has 4 heteroatoms. The summed E-state index contributed by atoms with van der Waals surface area (Å²) in [6.45, 7) is 0. The van der Waals surface area contributed by atoms with Crippen LogP contribution in [0, 0.1) is 0 Å². The van der Waals surface area contributed by atoms with E-state index in [1.165, 1.54) is 51.4 Å². The van der Waals surface area contributed by atoms with Gasteiger partial charge in [-0.3, -0.25) is 0 Å². The first-order valence-electron chi connectivity index (χ1n) is 8.68. The fraction of sp³-hybridized carbons (Fsp3) is 0.556. The maximum atomic E-state index is 4.79. The van der Waals surface area contributed by atoms with Crippen molar-refractivity contribution in [3.05, 3.63) is 24.3 Å². The second-order valence-electron chi connectivity index (χ2n) is 6.66. The summed E-state index contributed by atoms with van der Waals surface area (Å²) in [7, 11) is 0. The van der Waals surface area contributed by atoms with Gasteiger partial charge in [0.25, 0.3) is 0 Å². The van der Waals surface area contributed by atoms with Crippen LogP contribution < -0.4 is 10.6 Å². The minimum Gasteiger partial charge on any atom is -0.367 e. The van der Waals surface area contributed by atoms with Crippen LogP contribution in [0.25, 0.3) is 10.9 Å². The quantitative estimate of drug-likeness (QED) is 0.881. The zero-order chi connectivity index (χ0) is 14.8. The summed E-state index contributed by atoms with van der Waals surface area (Å²) in [5.41, 5.74) is 1.03. The van der Waals surface area contributed by atoms with E-state index >= 15 is 0 Å². The predicted octanol–water partition coefficient (Wildman–Crippen LogP) is 4.34. The Labute approximate surface area is 131 Å². The Balaban J connectivity index is 1.65. The smallest absolute Gasteiger partial charge is 0.225 e. The molecular weight excluding hydrogens is 272 g/mol. The predicted molar refractivity (Wildman–Crippen MR) is 91.3 cm³/mol. The molecular formula is C18H24N4. The van der Waals surface area contributed by atoms with E-state index in [0.29, 0.717) is 12.1 Å². The maximum absolute atomic E-state index is 4.79. The van der Waals surface area contributed by atoms with Crippen LogP contribution in [0.1, 0.15) is 51.4 Å². The van der Waals surface area contributed by atoms with Gasteiger partial charge in [0.2, 0.25) is 5.95 Å². The van der Waals surface area contributed by atoms with Gasteiger partial charge in [-0.2, -0.15) is 4.98 Å². The number of anilines is 2. The van der Waals surface area contributed by atoms with E-state index in [1.54, 1.807) is 0 Å². The summed E-state index contributed by atoms with van der Waals surface area (Å²) in [6, 6.07) is 9.42. The number of aromatic nitrogens is 2. The summed E-state index contributed by atoms with van der Waals surface area (Å²) in [6.07, 6.45) is 10.3. The Morgan fingerprint density at radius 1 is 0.773 bits per heavy atom. The number of hydrogen-bond acceptors (Lipinski definition) is 4. The van der Waals surface area contributed by atoms with Crippen molar-refractivity contribution < 1.29 is 0 Å². The van der Waals surface area contributed by atoms with Crippen LogP contribution in [0.4, 0.5) is 11.8 Å². The maximum Gasteiger partial charge on any atom is 0.225 e. The van der Waals surface area contributed by atoms with E-state index in [9.17, 15) is 0 Å². The normalized spacial score (nSPS) is 19.8. The minimum absolute atomic E-state index is 0.542. The SMILES string of the molecule is c1ccc2c(NC3CCCC3)nc(NC3CCCC3)nc2c1. The molecule has 2 aromatic rings. The Morgan fingerprint density at radius 2 is 1.41 bits per heavy atom. The highest BCUT2D eigenvalue weighted by Gasteiger charge is 2.19. The van der Waals surface area contributed by atoms with Crippen molar-refractivity contribution in [3.8, 4) is 0 Å². The molecule has 2 aliphatic carbocycles. The third-order valence-corrected chi connectivity index (χ3v) is 4.99. The highest BCUT2D eigenvalue weighted by molar-refractivity contribution is 5.90. The minimum atomic E-state index is 0.542. The van der Waals surface area contributed by atoms with Gasteiger partial charge >= 0.3 is 0 Å². The van der Waals surface area contributed by atoms with Crippen LogP contribution in [0.15, 0.2) is 24.3 Å². The Kier molecular flexibility index (Phi) is 3.83. The topological polar surface area (TPSA) is 49.8 Å². The van der Waals surface area contributed by atoms with Gasteiger partial charge < -0.3 is 10.6 Å². The Hall–Kier alpha value is -1.84. The van der Waals surface area contributed by atoms with E-state index in [2.05, 4.69) is 28.8 Å². The number of para-hydroxylation sites is 1. The molecule has 0 unspecified atom stereocenters. The van der Waals surface area contributed by atoms with Gasteiger partial charge in [0.05, 0.1) is 5.52 Å². The van der Waals surface area contributed by atoms with Gasteiger partial charge in [-0.15, -0.1) is 0 Å². The van der Waals surface area contributed by atoms with Gasteiger partial charge in [-0.05, 0) is 37.8 Å². The fourth-order valence-electron chi connectivity index (χ4n) is 3.77. The van der Waals surface area contributed by atoms with Crippen molar-refractivity contribution in [1.82, 2.24) is 9.97 Å². The van der Waals surface area contributed by atoms with Crippen molar-refractivity contribution in [1.29, 1.82) is 0 Å². The van der Waals surface area contributed by atoms with Crippen LogP contribution in [0.3, 0.4) is 0 Å². The summed E-state index contributed by atoms with van der Waals surface area (Å²) in [4.78, 5) is 9.51. The second-order valence-corrected chi connectivity index (χ2v) is 6.66. The van der Waals surface area contributed by atoms with Gasteiger partial charge in [-0.25, -0.2) is 4.98 Å². The first-order chi connectivity index (χ1) is 10.9. The molecule has 2 N–H and O–H groups in total. The third kappa shape index (κ3) is 2.87. The lowest BCUT2D eigenvalue weighted by atomic mass is 10.2. The van der Waals surface area contributed by atoms with Crippen molar-refractivity contribution in [2.45, 2.75) is 63.5 Å². The molecule has 4 nitrogen and oxygen atoms in total. The molecule has 0 spiro atoms. The number of rotatable bonds is 4. The third-order valence-electron chi connectivity index (χ3n) is 4.99. The van der Waals surface area contributed by atoms with Crippen molar-refractivity contribution in [2.75, 3.05) is 10.6 Å². The number of nitrogens with one attached hydrogen (secondary N) is 2. The lowest BCUT2D eigenvalue weighted by molar-refractivity contribution is 0.739. The number of nitrogens with zero attached hydrogens (tertiary/aromatic N) is 2. The molecule has 0 radical (unpaired) electrons. The molecule has 0 bridgehead atoms. The second kappa shape index (κ2) is 6.11. The van der Waals surface area contributed by atoms with E-state index in [-0.39, 0.29) is 0 Å². The van der Waals surface area contributed by atoms with Crippen LogP contribution in [-0.2, 0) is 0 Å². The van der Waals surface area contributed by atoms with Gasteiger partial charge in [0.1, 0.15) is 5.82 Å². The van der Waals surface area contributed by atoms with E-state index < -0.39 is 0 Å². The molecule has 0 aliphatic heterocycles. The molecule has 22 heavy (non-hydrogen) atoms. The lowest BCUT2D eigenvalue weighted by Gasteiger charge is -2.17. The molecule has 1 heterocycles. The average Bonchev–Trinajstić information content (AvgIpc) is 3.21. The Bertz CT molecular complexity index is 643. The summed E-state index contributed by atoms with van der Waals surface area (Å²) >= 11 is 0. The molecule has 2 saturated carbocycles. The number of benzene rings is 1. The molecule has 1 aromatic carbocycles. The molecule has 0 saturated heterocycles. The number of fused-ring (bicyclic) bond motifs is 1. The summed E-state index contributed by atoms with van der Waals surface area (Å²) in [5, 5.41) is 8.33. The monoisotopic (exact) mass is 296 g/mol. The lowest BCUT2D eigenvalue weighted by Crippen LogP contribution is -2.19. The summed E-state index contributed by atoms with van der Waals surface area (Å²) < 4.78 is 0. The van der Waals surface area contributed by atoms with Crippen molar-refractivity contribution in [2.24, 2.45) is 0 Å². The standard InChI is InChI=1S/C18H24N4/c1-2-8-13(7-1)19-17-15-11-5-6-12-16(15)21-18(22-17)20-14-9-3-4-10-14/h5-6,11-14H,1-4,7-10H2,(H2,19,20,21,22). The zero-order valence-corrected chi connectivity index (χ0v) is 13.0. The molecule has 1 aromatic heterocycles. The van der Waals surface area contributed by atoms with Gasteiger partial charge in [-0.1, -0.05) is 37.8 Å². The molecule has 0 amide bonds. The largest absolute Gasteiger partial charge is 0.367 e. The highest BCUT2D eigenvalue weighted by atomic mass is 15.2. The van der Waals surface area contributed by atoms with E-state index in [4.69, 9.17) is 9.97 Å². The van der Waals surface area contributed by atoms with Crippen LogP contribution >= 0.6 is 0 Å². The fourth-order valence-corrected chi connectivity index (χ4v) is 3.77.